The molecule has 3 heterocycles. The first-order chi connectivity index (χ1) is 11.8. The van der Waals surface area contributed by atoms with Gasteiger partial charge in [-0.25, -0.2) is 4.98 Å². The molecule has 1 N–H and O–H groups in total. The van der Waals surface area contributed by atoms with Crippen molar-refractivity contribution in [2.75, 3.05) is 18.1 Å². The summed E-state index contributed by atoms with van der Waals surface area (Å²) in [4.78, 5) is 17.0. The highest BCUT2D eigenvalue weighted by atomic mass is 32.2. The molecule has 0 aliphatic carbocycles. The SMILES string of the molecule is O=C(Cc1ccc(-c2cn3ccccc3n2)cc1)C1CSCCN1. The topological polar surface area (TPSA) is 46.4 Å². The van der Waals surface area contributed by atoms with Crippen LogP contribution in [0.1, 0.15) is 5.56 Å². The highest BCUT2D eigenvalue weighted by Crippen LogP contribution is 2.20. The molecule has 1 unspecified atom stereocenters. The van der Waals surface area contributed by atoms with Crippen molar-refractivity contribution in [2.45, 2.75) is 12.5 Å². The van der Waals surface area contributed by atoms with Crippen molar-refractivity contribution in [3.05, 3.63) is 60.4 Å². The lowest BCUT2D eigenvalue weighted by molar-refractivity contribution is -0.119. The molecule has 1 saturated heterocycles. The minimum atomic E-state index is 0.00173. The summed E-state index contributed by atoms with van der Waals surface area (Å²) in [5.41, 5.74) is 4.02. The highest BCUT2D eigenvalue weighted by Gasteiger charge is 2.20. The van der Waals surface area contributed by atoms with Gasteiger partial charge >= 0.3 is 0 Å². The van der Waals surface area contributed by atoms with Crippen molar-refractivity contribution in [1.29, 1.82) is 0 Å². The number of ketones is 1. The summed E-state index contributed by atoms with van der Waals surface area (Å²) in [6.45, 7) is 0.924. The van der Waals surface area contributed by atoms with Crippen LogP contribution in [0.15, 0.2) is 54.9 Å². The first-order valence-electron chi connectivity index (χ1n) is 8.16. The fraction of sp³-hybridized carbons (Fsp3) is 0.263. The molecule has 2 aromatic heterocycles. The molecule has 1 aliphatic rings. The van der Waals surface area contributed by atoms with E-state index in [4.69, 9.17) is 0 Å². The Morgan fingerprint density at radius 3 is 2.88 bits per heavy atom. The van der Waals surface area contributed by atoms with E-state index in [0.29, 0.717) is 6.42 Å². The first kappa shape index (κ1) is 15.4. The quantitative estimate of drug-likeness (QED) is 0.795. The second kappa shape index (κ2) is 6.79. The summed E-state index contributed by atoms with van der Waals surface area (Å²) in [5.74, 6) is 2.26. The number of carbonyl (C=O) groups excluding carboxylic acids is 1. The molecule has 1 aromatic carbocycles. The van der Waals surface area contributed by atoms with Crippen LogP contribution in [0.4, 0.5) is 0 Å². The number of nitrogens with one attached hydrogen (secondary N) is 1. The summed E-state index contributed by atoms with van der Waals surface area (Å²) in [7, 11) is 0. The maximum absolute atomic E-state index is 12.3. The number of thioether (sulfide) groups is 1. The number of benzene rings is 1. The van der Waals surface area contributed by atoms with Crippen molar-refractivity contribution < 1.29 is 4.79 Å². The average molecular weight is 337 g/mol. The van der Waals surface area contributed by atoms with Crippen LogP contribution in [0.25, 0.3) is 16.9 Å². The molecule has 0 saturated carbocycles. The molecule has 5 heteroatoms. The van der Waals surface area contributed by atoms with Crippen LogP contribution in [0, 0.1) is 0 Å². The normalized spacial score (nSPS) is 17.9. The minimum Gasteiger partial charge on any atom is -0.306 e. The van der Waals surface area contributed by atoms with E-state index in [2.05, 4.69) is 10.3 Å². The number of aromatic nitrogens is 2. The van der Waals surface area contributed by atoms with E-state index >= 15 is 0 Å². The van der Waals surface area contributed by atoms with Crippen molar-refractivity contribution in [3.63, 3.8) is 0 Å². The number of hydrogen-bond donors (Lipinski definition) is 1. The molecule has 4 nitrogen and oxygen atoms in total. The zero-order chi connectivity index (χ0) is 16.4. The lowest BCUT2D eigenvalue weighted by atomic mass is 10.0. The molecule has 0 radical (unpaired) electrons. The van der Waals surface area contributed by atoms with Gasteiger partial charge in [0.25, 0.3) is 0 Å². The van der Waals surface area contributed by atoms with Crippen LogP contribution < -0.4 is 5.32 Å². The van der Waals surface area contributed by atoms with E-state index in [0.717, 1.165) is 40.5 Å². The third-order valence-electron chi connectivity index (χ3n) is 4.30. The van der Waals surface area contributed by atoms with Gasteiger partial charge in [-0.3, -0.25) is 4.79 Å². The third kappa shape index (κ3) is 3.23. The summed E-state index contributed by atoms with van der Waals surface area (Å²) in [6, 6.07) is 14.1. The van der Waals surface area contributed by atoms with Crippen LogP contribution in [0.2, 0.25) is 0 Å². The molecule has 0 amide bonds. The summed E-state index contributed by atoms with van der Waals surface area (Å²) >= 11 is 1.85. The molecular formula is C19H19N3OS. The second-order valence-corrected chi connectivity index (χ2v) is 7.16. The Morgan fingerprint density at radius 1 is 1.25 bits per heavy atom. The van der Waals surface area contributed by atoms with Gasteiger partial charge in [-0.05, 0) is 17.7 Å². The van der Waals surface area contributed by atoms with Crippen molar-refractivity contribution >= 4 is 23.2 Å². The summed E-state index contributed by atoms with van der Waals surface area (Å²) in [5, 5.41) is 3.31. The Bertz CT molecular complexity index is 817. The number of hydrogen-bond acceptors (Lipinski definition) is 4. The third-order valence-corrected chi connectivity index (χ3v) is 5.36. The van der Waals surface area contributed by atoms with Gasteiger partial charge < -0.3 is 9.72 Å². The Labute approximate surface area is 145 Å². The van der Waals surface area contributed by atoms with Crippen LogP contribution in [0.5, 0.6) is 0 Å². The van der Waals surface area contributed by atoms with E-state index in [-0.39, 0.29) is 11.8 Å². The fourth-order valence-corrected chi connectivity index (χ4v) is 3.93. The van der Waals surface area contributed by atoms with E-state index in [9.17, 15) is 4.79 Å². The number of fused-ring (bicyclic) bond motifs is 1. The molecule has 3 aromatic rings. The Hall–Kier alpha value is -2.11. The van der Waals surface area contributed by atoms with E-state index in [1.807, 2.05) is 71.0 Å². The van der Waals surface area contributed by atoms with Gasteiger partial charge in [-0.1, -0.05) is 30.3 Å². The lowest BCUT2D eigenvalue weighted by Gasteiger charge is -2.21. The van der Waals surface area contributed by atoms with Crippen molar-refractivity contribution in [1.82, 2.24) is 14.7 Å². The highest BCUT2D eigenvalue weighted by molar-refractivity contribution is 7.99. The number of carbonyl (C=O) groups is 1. The Kier molecular flexibility index (Phi) is 4.36. The van der Waals surface area contributed by atoms with Crippen LogP contribution >= 0.6 is 11.8 Å². The smallest absolute Gasteiger partial charge is 0.154 e. The standard InChI is InChI=1S/C19H19N3OS/c23-18(17-13-24-10-8-20-17)11-14-4-6-15(7-5-14)16-12-22-9-2-1-3-19(22)21-16/h1-7,9,12,17,20H,8,10-11,13H2. The zero-order valence-electron chi connectivity index (χ0n) is 13.3. The van der Waals surface area contributed by atoms with Gasteiger partial charge in [0.1, 0.15) is 5.65 Å². The van der Waals surface area contributed by atoms with Gasteiger partial charge in [0.05, 0.1) is 11.7 Å². The van der Waals surface area contributed by atoms with Gasteiger partial charge in [-0.15, -0.1) is 0 Å². The van der Waals surface area contributed by atoms with Gasteiger partial charge in [0, 0.05) is 42.4 Å². The molecule has 0 bridgehead atoms. The van der Waals surface area contributed by atoms with Gasteiger partial charge in [-0.2, -0.15) is 11.8 Å². The second-order valence-electron chi connectivity index (χ2n) is 6.01. The van der Waals surface area contributed by atoms with Crippen LogP contribution in [0.3, 0.4) is 0 Å². The number of nitrogens with zero attached hydrogens (tertiary/aromatic N) is 2. The predicted molar refractivity (Wildman–Crippen MR) is 98.5 cm³/mol. The lowest BCUT2D eigenvalue weighted by Crippen LogP contribution is -2.44. The fourth-order valence-electron chi connectivity index (χ4n) is 2.96. The monoisotopic (exact) mass is 337 g/mol. The average Bonchev–Trinajstić information content (AvgIpc) is 3.07. The van der Waals surface area contributed by atoms with E-state index < -0.39 is 0 Å². The molecule has 1 atom stereocenters. The first-order valence-corrected chi connectivity index (χ1v) is 9.32. The maximum Gasteiger partial charge on any atom is 0.154 e. The number of rotatable bonds is 4. The molecule has 0 spiro atoms. The molecule has 24 heavy (non-hydrogen) atoms. The number of Topliss-reactive ketones (excluding diaryl/α,β-unsaturated/α-hetero) is 1. The molecule has 1 aliphatic heterocycles. The minimum absolute atomic E-state index is 0.00173. The van der Waals surface area contributed by atoms with Crippen molar-refractivity contribution in [3.8, 4) is 11.3 Å². The maximum atomic E-state index is 12.3. The Balaban J connectivity index is 1.48. The molecule has 1 fully saturated rings. The van der Waals surface area contributed by atoms with Gasteiger partial charge in [0.2, 0.25) is 0 Å². The van der Waals surface area contributed by atoms with E-state index in [1.165, 1.54) is 0 Å². The van der Waals surface area contributed by atoms with Crippen molar-refractivity contribution in [2.24, 2.45) is 0 Å². The summed E-state index contributed by atoms with van der Waals surface area (Å²) < 4.78 is 2.01. The molecular weight excluding hydrogens is 318 g/mol. The van der Waals surface area contributed by atoms with Crippen LogP contribution in [-0.2, 0) is 11.2 Å². The molecule has 4 rings (SSSR count). The zero-order valence-corrected chi connectivity index (χ0v) is 14.1. The van der Waals surface area contributed by atoms with Crippen LogP contribution in [-0.4, -0.2) is 39.3 Å². The largest absolute Gasteiger partial charge is 0.306 e. The summed E-state index contributed by atoms with van der Waals surface area (Å²) in [6.07, 6.45) is 4.51. The Morgan fingerprint density at radius 2 is 2.12 bits per heavy atom. The van der Waals surface area contributed by atoms with Gasteiger partial charge in [0.15, 0.2) is 5.78 Å². The molecule has 122 valence electrons. The predicted octanol–water partition coefficient (Wildman–Crippen LogP) is 2.82. The van der Waals surface area contributed by atoms with E-state index in [1.54, 1.807) is 0 Å². The number of imidazole rings is 1. The number of pyridine rings is 1.